The van der Waals surface area contributed by atoms with Crippen LogP contribution in [0.4, 0.5) is 0 Å². The minimum Gasteiger partial charge on any atom is -0.506 e. The van der Waals surface area contributed by atoms with E-state index in [1.807, 2.05) is 18.2 Å². The molecular weight excluding hydrogens is 230 g/mol. The second-order valence-corrected chi connectivity index (χ2v) is 3.76. The summed E-state index contributed by atoms with van der Waals surface area (Å²) < 4.78 is 0. The lowest BCUT2D eigenvalue weighted by atomic mass is 10.2. The van der Waals surface area contributed by atoms with Gasteiger partial charge in [0.15, 0.2) is 0 Å². The van der Waals surface area contributed by atoms with Crippen LogP contribution in [0.15, 0.2) is 42.9 Å². The Bertz CT molecular complexity index is 529. The van der Waals surface area contributed by atoms with Gasteiger partial charge >= 0.3 is 0 Å². The van der Waals surface area contributed by atoms with Gasteiger partial charge in [0, 0.05) is 31.1 Å². The van der Waals surface area contributed by atoms with E-state index in [1.54, 1.807) is 6.20 Å². The van der Waals surface area contributed by atoms with Crippen LogP contribution in [0.3, 0.4) is 0 Å². The van der Waals surface area contributed by atoms with Crippen LogP contribution in [0.5, 0.6) is 5.75 Å². The fourth-order valence-corrected chi connectivity index (χ4v) is 1.50. The van der Waals surface area contributed by atoms with Gasteiger partial charge in [0.1, 0.15) is 5.75 Å². The van der Waals surface area contributed by atoms with Gasteiger partial charge in [-0.2, -0.15) is 0 Å². The normalized spacial score (nSPS) is 10.0. The summed E-state index contributed by atoms with van der Waals surface area (Å²) in [6, 6.07) is 7.04. The lowest BCUT2D eigenvalue weighted by Gasteiger charge is -2.04. The molecule has 0 aliphatic rings. The van der Waals surface area contributed by atoms with Gasteiger partial charge in [0.25, 0.3) is 5.91 Å². The molecule has 0 atom stereocenters. The van der Waals surface area contributed by atoms with E-state index < -0.39 is 0 Å². The van der Waals surface area contributed by atoms with Crippen molar-refractivity contribution in [1.29, 1.82) is 0 Å². The topological polar surface area (TPSA) is 75.1 Å². The highest BCUT2D eigenvalue weighted by molar-refractivity contribution is 5.94. The van der Waals surface area contributed by atoms with E-state index in [-0.39, 0.29) is 11.7 Å². The second kappa shape index (κ2) is 5.77. The molecule has 2 N–H and O–H groups in total. The Hall–Kier alpha value is -2.43. The SMILES string of the molecule is O=C(NCCc1ccccn1)c1cncc(O)c1. The quantitative estimate of drug-likeness (QED) is 0.844. The number of aromatic nitrogens is 2. The molecule has 18 heavy (non-hydrogen) atoms. The molecule has 0 aromatic carbocycles. The Kier molecular flexibility index (Phi) is 3.86. The zero-order chi connectivity index (χ0) is 12.8. The van der Waals surface area contributed by atoms with Crippen LogP contribution >= 0.6 is 0 Å². The van der Waals surface area contributed by atoms with Crippen molar-refractivity contribution in [3.8, 4) is 5.75 Å². The van der Waals surface area contributed by atoms with Crippen molar-refractivity contribution in [2.24, 2.45) is 0 Å². The molecule has 2 aromatic rings. The van der Waals surface area contributed by atoms with E-state index in [0.29, 0.717) is 18.5 Å². The van der Waals surface area contributed by atoms with Crippen molar-refractivity contribution in [3.63, 3.8) is 0 Å². The summed E-state index contributed by atoms with van der Waals surface area (Å²) in [5, 5.41) is 12.0. The highest BCUT2D eigenvalue weighted by atomic mass is 16.3. The Morgan fingerprint density at radius 2 is 2.22 bits per heavy atom. The van der Waals surface area contributed by atoms with Gasteiger partial charge in [0.2, 0.25) is 0 Å². The molecule has 2 heterocycles. The summed E-state index contributed by atoms with van der Waals surface area (Å²) in [7, 11) is 0. The number of aromatic hydroxyl groups is 1. The molecule has 0 saturated heterocycles. The molecule has 0 aliphatic carbocycles. The zero-order valence-electron chi connectivity index (χ0n) is 9.71. The monoisotopic (exact) mass is 243 g/mol. The molecule has 5 heteroatoms. The first-order chi connectivity index (χ1) is 8.75. The van der Waals surface area contributed by atoms with E-state index in [2.05, 4.69) is 15.3 Å². The number of pyridine rings is 2. The van der Waals surface area contributed by atoms with Gasteiger partial charge < -0.3 is 10.4 Å². The van der Waals surface area contributed by atoms with Crippen LogP contribution in [0.2, 0.25) is 0 Å². The van der Waals surface area contributed by atoms with Gasteiger partial charge in [-0.05, 0) is 18.2 Å². The number of carbonyl (C=O) groups is 1. The number of rotatable bonds is 4. The predicted molar refractivity (Wildman–Crippen MR) is 66.2 cm³/mol. The maximum absolute atomic E-state index is 11.7. The number of carbonyl (C=O) groups excluding carboxylic acids is 1. The summed E-state index contributed by atoms with van der Waals surface area (Å²) in [5.41, 5.74) is 1.27. The maximum Gasteiger partial charge on any atom is 0.252 e. The highest BCUT2D eigenvalue weighted by Gasteiger charge is 2.06. The Balaban J connectivity index is 1.86. The number of hydrogen-bond donors (Lipinski definition) is 2. The maximum atomic E-state index is 11.7. The molecule has 0 radical (unpaired) electrons. The fourth-order valence-electron chi connectivity index (χ4n) is 1.50. The van der Waals surface area contributed by atoms with Crippen LogP contribution in [0, 0.1) is 0 Å². The molecule has 0 saturated carbocycles. The molecule has 1 amide bonds. The Morgan fingerprint density at radius 3 is 2.94 bits per heavy atom. The minimum absolute atomic E-state index is 0.0209. The lowest BCUT2D eigenvalue weighted by molar-refractivity contribution is 0.0953. The van der Waals surface area contributed by atoms with Crippen molar-refractivity contribution in [2.45, 2.75) is 6.42 Å². The minimum atomic E-state index is -0.255. The van der Waals surface area contributed by atoms with Crippen LogP contribution in [-0.2, 0) is 6.42 Å². The van der Waals surface area contributed by atoms with Crippen LogP contribution < -0.4 is 5.32 Å². The van der Waals surface area contributed by atoms with Crippen molar-refractivity contribution < 1.29 is 9.90 Å². The van der Waals surface area contributed by atoms with Crippen molar-refractivity contribution in [1.82, 2.24) is 15.3 Å². The van der Waals surface area contributed by atoms with Gasteiger partial charge in [-0.3, -0.25) is 14.8 Å². The average molecular weight is 243 g/mol. The summed E-state index contributed by atoms with van der Waals surface area (Å²) >= 11 is 0. The molecular formula is C13H13N3O2. The summed E-state index contributed by atoms with van der Waals surface area (Å²) in [6.45, 7) is 0.492. The number of nitrogens with one attached hydrogen (secondary N) is 1. The third kappa shape index (κ3) is 3.28. The van der Waals surface area contributed by atoms with E-state index >= 15 is 0 Å². The molecule has 0 unspecified atom stereocenters. The van der Waals surface area contributed by atoms with E-state index in [9.17, 15) is 9.90 Å². The number of hydrogen-bond acceptors (Lipinski definition) is 4. The van der Waals surface area contributed by atoms with Crippen molar-refractivity contribution in [3.05, 3.63) is 54.1 Å². The fraction of sp³-hybridized carbons (Fsp3) is 0.154. The first-order valence-electron chi connectivity index (χ1n) is 5.58. The third-order valence-corrected chi connectivity index (χ3v) is 2.38. The summed E-state index contributed by atoms with van der Waals surface area (Å²) in [5.74, 6) is -0.276. The molecule has 0 bridgehead atoms. The standard InChI is InChI=1S/C13H13N3O2/c17-12-7-10(8-14-9-12)13(18)16-6-4-11-3-1-2-5-15-11/h1-3,5,7-9,17H,4,6H2,(H,16,18). The number of nitrogens with zero attached hydrogens (tertiary/aromatic N) is 2. The van der Waals surface area contributed by atoms with E-state index in [1.165, 1.54) is 18.5 Å². The van der Waals surface area contributed by atoms with Gasteiger partial charge in [-0.15, -0.1) is 0 Å². The average Bonchev–Trinajstić information content (AvgIpc) is 2.40. The zero-order valence-corrected chi connectivity index (χ0v) is 9.71. The largest absolute Gasteiger partial charge is 0.506 e. The first kappa shape index (κ1) is 12.0. The molecule has 0 aliphatic heterocycles. The van der Waals surface area contributed by atoms with E-state index in [4.69, 9.17) is 0 Å². The first-order valence-corrected chi connectivity index (χ1v) is 5.58. The second-order valence-electron chi connectivity index (χ2n) is 3.76. The van der Waals surface area contributed by atoms with Gasteiger partial charge in [-0.25, -0.2) is 0 Å². The lowest BCUT2D eigenvalue weighted by Crippen LogP contribution is -2.25. The molecule has 92 valence electrons. The van der Waals surface area contributed by atoms with Gasteiger partial charge in [-0.1, -0.05) is 6.07 Å². The van der Waals surface area contributed by atoms with Crippen LogP contribution in [0.25, 0.3) is 0 Å². The van der Waals surface area contributed by atoms with Crippen molar-refractivity contribution >= 4 is 5.91 Å². The Morgan fingerprint density at radius 1 is 1.33 bits per heavy atom. The third-order valence-electron chi connectivity index (χ3n) is 2.38. The summed E-state index contributed by atoms with van der Waals surface area (Å²) in [6.07, 6.45) is 5.08. The molecule has 0 spiro atoms. The van der Waals surface area contributed by atoms with E-state index in [0.717, 1.165) is 5.69 Å². The van der Waals surface area contributed by atoms with Crippen LogP contribution in [-0.4, -0.2) is 27.5 Å². The molecule has 0 fully saturated rings. The highest BCUT2D eigenvalue weighted by Crippen LogP contribution is 2.07. The van der Waals surface area contributed by atoms with Crippen LogP contribution in [0.1, 0.15) is 16.1 Å². The molecule has 2 rings (SSSR count). The molecule has 2 aromatic heterocycles. The Labute approximate surface area is 105 Å². The molecule has 5 nitrogen and oxygen atoms in total. The smallest absolute Gasteiger partial charge is 0.252 e. The van der Waals surface area contributed by atoms with Gasteiger partial charge in [0.05, 0.1) is 11.8 Å². The predicted octanol–water partition coefficient (Wildman–Crippen LogP) is 1.15. The van der Waals surface area contributed by atoms with Crippen molar-refractivity contribution in [2.75, 3.05) is 6.54 Å². The number of amides is 1. The summed E-state index contributed by atoms with van der Waals surface area (Å²) in [4.78, 5) is 19.6.